The Balaban J connectivity index is 0.960. The van der Waals surface area contributed by atoms with Crippen LogP contribution in [0.4, 0.5) is 0 Å². The summed E-state index contributed by atoms with van der Waals surface area (Å²) in [5.74, 6) is 0.662. The zero-order valence-corrected chi connectivity index (χ0v) is 32.1. The third kappa shape index (κ3) is 5.19. The van der Waals surface area contributed by atoms with Gasteiger partial charge in [0.25, 0.3) is 0 Å². The molecule has 4 heteroatoms. The molecule has 0 spiro atoms. The normalized spacial score (nSPS) is 11.8. The lowest BCUT2D eigenvalue weighted by atomic mass is 9.96. The summed E-state index contributed by atoms with van der Waals surface area (Å²) in [6.45, 7) is 0. The first-order chi connectivity index (χ1) is 28.7. The Morgan fingerprint density at radius 2 is 1.02 bits per heavy atom. The second kappa shape index (κ2) is 13.1. The number of rotatable bonds is 5. The van der Waals surface area contributed by atoms with Crippen molar-refractivity contribution in [2.24, 2.45) is 0 Å². The summed E-state index contributed by atoms with van der Waals surface area (Å²) in [6, 6.07) is 72.0. The molecule has 0 saturated carbocycles. The van der Waals surface area contributed by atoms with Crippen LogP contribution in [0.3, 0.4) is 0 Å². The fraction of sp³-hybridized carbons (Fsp3) is 0. The molecule has 12 aromatic rings. The lowest BCUT2D eigenvalue weighted by molar-refractivity contribution is 1.01. The van der Waals surface area contributed by atoms with Crippen molar-refractivity contribution < 1.29 is 0 Å². The molecule has 0 fully saturated rings. The fourth-order valence-electron chi connectivity index (χ4n) is 8.84. The van der Waals surface area contributed by atoms with Gasteiger partial charge < -0.3 is 0 Å². The van der Waals surface area contributed by atoms with Crippen molar-refractivity contribution >= 4 is 75.0 Å². The lowest BCUT2D eigenvalue weighted by Gasteiger charge is -2.12. The molecule has 3 nitrogen and oxygen atoms in total. The number of aromatic nitrogens is 3. The van der Waals surface area contributed by atoms with Crippen LogP contribution in [0, 0.1) is 0 Å². The van der Waals surface area contributed by atoms with Crippen molar-refractivity contribution in [3.63, 3.8) is 0 Å². The Bertz CT molecular complexity index is 3540. The Morgan fingerprint density at radius 3 is 1.86 bits per heavy atom. The van der Waals surface area contributed by atoms with Crippen molar-refractivity contribution in [2.45, 2.75) is 0 Å². The van der Waals surface area contributed by atoms with Crippen molar-refractivity contribution in [1.82, 2.24) is 14.5 Å². The SMILES string of the molecule is c1ccc(-c2ccc(-c3nc(-n4c5ccccc5c5c6ccc(-c7ccc(-c8cccc9c8sc8ccccc89)cc7)cc6ccc54)nc4ccccc34)cc2)cc1. The predicted molar refractivity (Wildman–Crippen MR) is 246 cm³/mol. The first kappa shape index (κ1) is 32.8. The monoisotopic (exact) mass is 755 g/mol. The van der Waals surface area contributed by atoms with Crippen LogP contribution in [-0.2, 0) is 0 Å². The van der Waals surface area contributed by atoms with Gasteiger partial charge in [-0.2, -0.15) is 0 Å². The zero-order valence-electron chi connectivity index (χ0n) is 31.3. The Kier molecular flexibility index (Phi) is 7.40. The highest BCUT2D eigenvalue weighted by molar-refractivity contribution is 7.26. The summed E-state index contributed by atoms with van der Waals surface area (Å²) in [5.41, 5.74) is 12.4. The van der Waals surface area contributed by atoms with Crippen molar-refractivity contribution in [2.75, 3.05) is 0 Å². The highest BCUT2D eigenvalue weighted by Crippen LogP contribution is 2.42. The van der Waals surface area contributed by atoms with E-state index in [-0.39, 0.29) is 0 Å². The van der Waals surface area contributed by atoms with Crippen molar-refractivity contribution in [3.8, 4) is 50.6 Å². The van der Waals surface area contributed by atoms with Crippen LogP contribution < -0.4 is 0 Å². The number of benzene rings is 9. The number of para-hydroxylation sites is 2. The maximum atomic E-state index is 5.36. The van der Waals surface area contributed by atoms with Gasteiger partial charge in [-0.05, 0) is 74.5 Å². The summed E-state index contributed by atoms with van der Waals surface area (Å²) in [5, 5.41) is 8.48. The molecule has 0 aliphatic rings. The average molecular weight is 756 g/mol. The number of fused-ring (bicyclic) bond motifs is 9. The van der Waals surface area contributed by atoms with E-state index in [1.807, 2.05) is 11.3 Å². The summed E-state index contributed by atoms with van der Waals surface area (Å²) >= 11 is 1.88. The van der Waals surface area contributed by atoms with Crippen LogP contribution in [-0.4, -0.2) is 14.5 Å². The van der Waals surface area contributed by atoms with Crippen LogP contribution in [0.2, 0.25) is 0 Å². The molecule has 12 rings (SSSR count). The van der Waals surface area contributed by atoms with Gasteiger partial charge >= 0.3 is 0 Å². The van der Waals surface area contributed by atoms with E-state index in [9.17, 15) is 0 Å². The Morgan fingerprint density at radius 1 is 0.379 bits per heavy atom. The predicted octanol–water partition coefficient (Wildman–Crippen LogP) is 14.9. The van der Waals surface area contributed by atoms with E-state index >= 15 is 0 Å². The van der Waals surface area contributed by atoms with Gasteiger partial charge in [-0.15, -0.1) is 11.3 Å². The summed E-state index contributed by atoms with van der Waals surface area (Å²) in [6.07, 6.45) is 0. The second-order valence-corrected chi connectivity index (χ2v) is 16.0. The minimum Gasteiger partial charge on any atom is -0.278 e. The molecule has 0 aliphatic carbocycles. The molecule has 0 N–H and O–H groups in total. The molecule has 3 aromatic heterocycles. The van der Waals surface area contributed by atoms with E-state index in [4.69, 9.17) is 9.97 Å². The van der Waals surface area contributed by atoms with Crippen LogP contribution in [0.1, 0.15) is 0 Å². The smallest absolute Gasteiger partial charge is 0.235 e. The van der Waals surface area contributed by atoms with Crippen LogP contribution in [0.15, 0.2) is 200 Å². The van der Waals surface area contributed by atoms with Gasteiger partial charge in [0.15, 0.2) is 0 Å². The van der Waals surface area contributed by atoms with E-state index in [0.29, 0.717) is 5.95 Å². The standard InChI is InChI=1S/C54H33N3S/c1-2-11-34(12-3-1)35-23-27-38(28-24-35)52-45-14-4-7-18-47(45)55-54(56-52)57-48-19-8-5-15-46(48)51-41-31-29-39(33-40(41)30-32-49(51)57)36-21-25-37(26-22-36)42-16-10-17-44-43-13-6-9-20-50(43)58-53(42)44/h1-33H. The first-order valence-electron chi connectivity index (χ1n) is 19.7. The summed E-state index contributed by atoms with van der Waals surface area (Å²) in [4.78, 5) is 10.6. The minimum absolute atomic E-state index is 0.662. The third-order valence-corrected chi connectivity index (χ3v) is 12.9. The molecule has 58 heavy (non-hydrogen) atoms. The molecular formula is C54H33N3S. The lowest BCUT2D eigenvalue weighted by Crippen LogP contribution is -2.03. The quantitative estimate of drug-likeness (QED) is 0.175. The third-order valence-electron chi connectivity index (χ3n) is 11.6. The minimum atomic E-state index is 0.662. The van der Waals surface area contributed by atoms with Gasteiger partial charge in [-0.3, -0.25) is 4.57 Å². The Labute approximate surface area is 338 Å². The average Bonchev–Trinajstić information content (AvgIpc) is 3.85. The van der Waals surface area contributed by atoms with Crippen LogP contribution in [0.5, 0.6) is 0 Å². The van der Waals surface area contributed by atoms with Gasteiger partial charge in [0.1, 0.15) is 0 Å². The molecule has 0 radical (unpaired) electrons. The second-order valence-electron chi connectivity index (χ2n) is 14.9. The first-order valence-corrected chi connectivity index (χ1v) is 20.5. The molecule has 0 atom stereocenters. The molecule has 0 amide bonds. The molecule has 0 bridgehead atoms. The number of hydrogen-bond donors (Lipinski definition) is 0. The summed E-state index contributed by atoms with van der Waals surface area (Å²) in [7, 11) is 0. The van der Waals surface area contributed by atoms with E-state index in [2.05, 4.69) is 205 Å². The van der Waals surface area contributed by atoms with Gasteiger partial charge in [0.2, 0.25) is 5.95 Å². The van der Waals surface area contributed by atoms with Gasteiger partial charge in [-0.25, -0.2) is 9.97 Å². The highest BCUT2D eigenvalue weighted by Gasteiger charge is 2.19. The number of thiophene rings is 1. The van der Waals surface area contributed by atoms with Crippen LogP contribution >= 0.6 is 11.3 Å². The van der Waals surface area contributed by atoms with E-state index in [1.165, 1.54) is 75.1 Å². The van der Waals surface area contributed by atoms with Crippen molar-refractivity contribution in [1.29, 1.82) is 0 Å². The largest absolute Gasteiger partial charge is 0.278 e. The maximum absolute atomic E-state index is 5.36. The fourth-order valence-corrected chi connectivity index (χ4v) is 10.1. The topological polar surface area (TPSA) is 30.7 Å². The molecule has 0 aliphatic heterocycles. The van der Waals surface area contributed by atoms with Crippen LogP contribution in [0.25, 0.3) is 114 Å². The molecular weight excluding hydrogens is 723 g/mol. The van der Waals surface area contributed by atoms with Gasteiger partial charge in [0, 0.05) is 41.9 Å². The van der Waals surface area contributed by atoms with Gasteiger partial charge in [0.05, 0.1) is 22.2 Å². The zero-order chi connectivity index (χ0) is 38.2. The highest BCUT2D eigenvalue weighted by atomic mass is 32.1. The van der Waals surface area contributed by atoms with E-state index in [0.717, 1.165) is 33.2 Å². The maximum Gasteiger partial charge on any atom is 0.235 e. The number of hydrogen-bond acceptors (Lipinski definition) is 3. The molecule has 270 valence electrons. The van der Waals surface area contributed by atoms with E-state index < -0.39 is 0 Å². The molecule has 9 aromatic carbocycles. The summed E-state index contributed by atoms with van der Waals surface area (Å²) < 4.78 is 4.91. The number of nitrogens with zero attached hydrogens (tertiary/aromatic N) is 3. The van der Waals surface area contributed by atoms with Crippen molar-refractivity contribution in [3.05, 3.63) is 200 Å². The molecule has 3 heterocycles. The molecule has 0 unspecified atom stereocenters. The van der Waals surface area contributed by atoms with E-state index in [1.54, 1.807) is 0 Å². The Hall–Kier alpha value is -7.40. The molecule has 0 saturated heterocycles. The van der Waals surface area contributed by atoms with Gasteiger partial charge in [-0.1, -0.05) is 170 Å².